The number of rotatable bonds is 9. The van der Waals surface area contributed by atoms with E-state index >= 15 is 0 Å². The maximum Gasteiger partial charge on any atom is 0.255 e. The molecule has 0 spiro atoms. The van der Waals surface area contributed by atoms with Gasteiger partial charge in [0.2, 0.25) is 0 Å². The van der Waals surface area contributed by atoms with Crippen molar-refractivity contribution >= 4 is 11.7 Å². The summed E-state index contributed by atoms with van der Waals surface area (Å²) in [6.07, 6.45) is 8.45. The van der Waals surface area contributed by atoms with Gasteiger partial charge in [-0.05, 0) is 44.4 Å². The van der Waals surface area contributed by atoms with Gasteiger partial charge in [0.1, 0.15) is 5.82 Å². The molecule has 0 atom stereocenters. The van der Waals surface area contributed by atoms with Gasteiger partial charge in [-0.15, -0.1) is 0 Å². The second-order valence-electron chi connectivity index (χ2n) is 5.76. The van der Waals surface area contributed by atoms with Crippen LogP contribution in [0.1, 0.15) is 42.1 Å². The molecule has 0 aliphatic carbocycles. The summed E-state index contributed by atoms with van der Waals surface area (Å²) in [6, 6.07) is 8.10. The van der Waals surface area contributed by atoms with Gasteiger partial charge in [-0.25, -0.2) is 9.37 Å². The number of nitrogens with two attached hydrogens (primary N) is 1. The Labute approximate surface area is 153 Å². The summed E-state index contributed by atoms with van der Waals surface area (Å²) < 4.78 is 20.0. The van der Waals surface area contributed by atoms with Crippen molar-refractivity contribution in [3.63, 3.8) is 0 Å². The number of halogens is 1. The van der Waals surface area contributed by atoms with E-state index in [-0.39, 0.29) is 23.7 Å². The van der Waals surface area contributed by atoms with Gasteiger partial charge in [0.15, 0.2) is 11.6 Å². The van der Waals surface area contributed by atoms with Gasteiger partial charge >= 0.3 is 0 Å². The Morgan fingerprint density at radius 2 is 2.15 bits per heavy atom. The summed E-state index contributed by atoms with van der Waals surface area (Å²) in [5.41, 5.74) is 6.29. The van der Waals surface area contributed by atoms with Crippen LogP contribution in [0, 0.1) is 5.82 Å². The average Bonchev–Trinajstić information content (AvgIpc) is 2.65. The topological polar surface area (TPSA) is 77.2 Å². The molecule has 3 N–H and O–H groups in total. The molecular formula is C20H24FN3O2. The van der Waals surface area contributed by atoms with E-state index in [1.54, 1.807) is 30.3 Å². The van der Waals surface area contributed by atoms with Crippen molar-refractivity contribution in [2.45, 2.75) is 32.7 Å². The van der Waals surface area contributed by atoms with Crippen LogP contribution in [-0.4, -0.2) is 17.5 Å². The molecule has 0 saturated heterocycles. The quantitative estimate of drug-likeness (QED) is 0.528. The van der Waals surface area contributed by atoms with E-state index < -0.39 is 11.7 Å². The van der Waals surface area contributed by atoms with Gasteiger partial charge in [0, 0.05) is 18.3 Å². The van der Waals surface area contributed by atoms with Crippen molar-refractivity contribution < 1.29 is 13.9 Å². The third kappa shape index (κ3) is 5.58. The summed E-state index contributed by atoms with van der Waals surface area (Å²) >= 11 is 0. The number of unbranched alkanes of at least 4 members (excludes halogenated alkanes) is 2. The first-order chi connectivity index (χ1) is 12.6. The maximum atomic E-state index is 14.5. The van der Waals surface area contributed by atoms with Crippen LogP contribution in [0.15, 0.2) is 48.7 Å². The van der Waals surface area contributed by atoms with E-state index in [0.717, 1.165) is 19.3 Å². The molecule has 6 heteroatoms. The summed E-state index contributed by atoms with van der Waals surface area (Å²) in [4.78, 5) is 16.0. The molecule has 1 amide bonds. The van der Waals surface area contributed by atoms with Crippen LogP contribution in [0.25, 0.3) is 0 Å². The zero-order valence-corrected chi connectivity index (χ0v) is 14.9. The van der Waals surface area contributed by atoms with Crippen LogP contribution in [0.3, 0.4) is 0 Å². The molecular weight excluding hydrogens is 333 g/mol. The van der Waals surface area contributed by atoms with Gasteiger partial charge < -0.3 is 15.8 Å². The number of ether oxygens (including phenoxy) is 1. The normalized spacial score (nSPS) is 10.8. The highest BCUT2D eigenvalue weighted by Crippen LogP contribution is 2.21. The molecule has 0 saturated carbocycles. The van der Waals surface area contributed by atoms with Crippen molar-refractivity contribution in [1.29, 1.82) is 0 Å². The highest BCUT2D eigenvalue weighted by molar-refractivity contribution is 5.98. The molecule has 0 fully saturated rings. The number of carbonyl (C=O) groups is 1. The number of hydrogen-bond acceptors (Lipinski definition) is 4. The Bertz CT molecular complexity index is 762. The molecule has 0 unspecified atom stereocenters. The van der Waals surface area contributed by atoms with Gasteiger partial charge in [0.05, 0.1) is 12.2 Å². The largest absolute Gasteiger partial charge is 0.491 e. The number of allylic oxidation sites excluding steroid dienone is 2. The van der Waals surface area contributed by atoms with Crippen molar-refractivity contribution in [3.05, 3.63) is 65.6 Å². The first kappa shape index (κ1) is 19.4. The molecule has 1 aromatic carbocycles. The zero-order chi connectivity index (χ0) is 18.8. The standard InChI is InChI=1S/C20H24FN3O2/c1-2-3-4-5-6-13-26-17-11-7-9-15(18(17)21)14-24-20(25)16-10-8-12-23-19(16)22/h2-3,7-12H,4-6,13-14H2,1H3,(H2,22,23)(H,24,25). The molecule has 1 aromatic heterocycles. The SMILES string of the molecule is CC=CCCCCOc1cccc(CNC(=O)c2cccnc2N)c1F. The predicted octanol–water partition coefficient (Wildman–Crippen LogP) is 3.86. The van der Waals surface area contributed by atoms with Gasteiger partial charge in [-0.3, -0.25) is 4.79 Å². The lowest BCUT2D eigenvalue weighted by atomic mass is 10.2. The minimum Gasteiger partial charge on any atom is -0.491 e. The number of carbonyl (C=O) groups excluding carboxylic acids is 1. The van der Waals surface area contributed by atoms with E-state index in [4.69, 9.17) is 10.5 Å². The third-order valence-electron chi connectivity index (χ3n) is 3.82. The minimum absolute atomic E-state index is 0.0392. The van der Waals surface area contributed by atoms with Crippen LogP contribution < -0.4 is 15.8 Å². The van der Waals surface area contributed by atoms with Crippen molar-refractivity contribution in [2.75, 3.05) is 12.3 Å². The average molecular weight is 357 g/mol. The summed E-state index contributed by atoms with van der Waals surface area (Å²) in [6.45, 7) is 2.48. The van der Waals surface area contributed by atoms with Gasteiger partial charge in [-0.1, -0.05) is 24.3 Å². The maximum absolute atomic E-state index is 14.5. The Balaban J connectivity index is 1.90. The number of amides is 1. The van der Waals surface area contributed by atoms with Crippen LogP contribution >= 0.6 is 0 Å². The lowest BCUT2D eigenvalue weighted by molar-refractivity contribution is 0.0951. The number of benzene rings is 1. The van der Waals surface area contributed by atoms with E-state index in [0.29, 0.717) is 12.2 Å². The number of hydrogen-bond donors (Lipinski definition) is 2. The van der Waals surface area contributed by atoms with E-state index in [1.807, 2.05) is 13.0 Å². The van der Waals surface area contributed by atoms with Crippen LogP contribution in [-0.2, 0) is 6.54 Å². The highest BCUT2D eigenvalue weighted by atomic mass is 19.1. The van der Waals surface area contributed by atoms with Gasteiger partial charge in [-0.2, -0.15) is 0 Å². The Morgan fingerprint density at radius 1 is 1.31 bits per heavy atom. The van der Waals surface area contributed by atoms with Crippen molar-refractivity contribution in [2.24, 2.45) is 0 Å². The molecule has 2 rings (SSSR count). The molecule has 138 valence electrons. The summed E-state index contributed by atoms with van der Waals surface area (Å²) in [5, 5.41) is 2.65. The van der Waals surface area contributed by atoms with E-state index in [9.17, 15) is 9.18 Å². The molecule has 5 nitrogen and oxygen atoms in total. The predicted molar refractivity (Wildman–Crippen MR) is 100 cm³/mol. The Hall–Kier alpha value is -2.89. The minimum atomic E-state index is -0.458. The van der Waals surface area contributed by atoms with E-state index in [1.165, 1.54) is 6.20 Å². The molecule has 2 aromatic rings. The van der Waals surface area contributed by atoms with Crippen LogP contribution in [0.2, 0.25) is 0 Å². The van der Waals surface area contributed by atoms with Gasteiger partial charge in [0.25, 0.3) is 5.91 Å². The lowest BCUT2D eigenvalue weighted by Crippen LogP contribution is -2.24. The summed E-state index contributed by atoms with van der Waals surface area (Å²) in [7, 11) is 0. The van der Waals surface area contributed by atoms with Crippen LogP contribution in [0.5, 0.6) is 5.75 Å². The molecule has 0 aliphatic rings. The number of nitrogens with one attached hydrogen (secondary N) is 1. The molecule has 0 aliphatic heterocycles. The fourth-order valence-corrected chi connectivity index (χ4v) is 2.40. The Kier molecular flexibility index (Phi) is 7.61. The van der Waals surface area contributed by atoms with Crippen molar-refractivity contribution in [1.82, 2.24) is 10.3 Å². The molecule has 0 radical (unpaired) electrons. The number of nitrogens with zero attached hydrogens (tertiary/aromatic N) is 1. The third-order valence-corrected chi connectivity index (χ3v) is 3.82. The van der Waals surface area contributed by atoms with Crippen molar-refractivity contribution in [3.8, 4) is 5.75 Å². The number of pyridine rings is 1. The molecule has 0 bridgehead atoms. The number of anilines is 1. The molecule has 26 heavy (non-hydrogen) atoms. The smallest absolute Gasteiger partial charge is 0.255 e. The fourth-order valence-electron chi connectivity index (χ4n) is 2.40. The van der Waals surface area contributed by atoms with Crippen LogP contribution in [0.4, 0.5) is 10.2 Å². The second kappa shape index (κ2) is 10.2. The lowest BCUT2D eigenvalue weighted by Gasteiger charge is -2.11. The zero-order valence-electron chi connectivity index (χ0n) is 14.9. The second-order valence-corrected chi connectivity index (χ2v) is 5.76. The Morgan fingerprint density at radius 3 is 2.92 bits per heavy atom. The van der Waals surface area contributed by atoms with E-state index in [2.05, 4.69) is 16.4 Å². The number of nitrogen functional groups attached to an aromatic ring is 1. The highest BCUT2D eigenvalue weighted by Gasteiger charge is 2.13. The molecule has 1 heterocycles. The monoisotopic (exact) mass is 357 g/mol. The summed E-state index contributed by atoms with van der Waals surface area (Å²) in [5.74, 6) is -0.519. The number of aromatic nitrogens is 1. The first-order valence-electron chi connectivity index (χ1n) is 8.63. The first-order valence-corrected chi connectivity index (χ1v) is 8.63. The fraction of sp³-hybridized carbons (Fsp3) is 0.300.